The molecule has 0 amide bonds. The van der Waals surface area contributed by atoms with Gasteiger partial charge in [0.25, 0.3) is 0 Å². The molecule has 3 heteroatoms. The Balaban J connectivity index is 1.95. The molecule has 0 spiro atoms. The fourth-order valence-electron chi connectivity index (χ4n) is 2.54. The number of rotatable bonds is 6. The first-order chi connectivity index (χ1) is 9.70. The highest BCUT2D eigenvalue weighted by molar-refractivity contribution is 5.25. The van der Waals surface area contributed by atoms with Crippen molar-refractivity contribution >= 4 is 0 Å². The maximum atomic E-state index is 5.70. The summed E-state index contributed by atoms with van der Waals surface area (Å²) < 4.78 is 0. The summed E-state index contributed by atoms with van der Waals surface area (Å²) in [6.45, 7) is 4.15. The van der Waals surface area contributed by atoms with Gasteiger partial charge >= 0.3 is 0 Å². The first kappa shape index (κ1) is 14.7. The van der Waals surface area contributed by atoms with Crippen LogP contribution in [0.1, 0.15) is 41.3 Å². The van der Waals surface area contributed by atoms with Crippen LogP contribution < -0.4 is 11.3 Å². The van der Waals surface area contributed by atoms with Crippen molar-refractivity contribution < 1.29 is 0 Å². The summed E-state index contributed by atoms with van der Waals surface area (Å²) >= 11 is 0. The van der Waals surface area contributed by atoms with Gasteiger partial charge in [-0.3, -0.25) is 16.3 Å². The number of hydrogen-bond acceptors (Lipinski definition) is 3. The van der Waals surface area contributed by atoms with Crippen LogP contribution in [0.25, 0.3) is 0 Å². The van der Waals surface area contributed by atoms with E-state index < -0.39 is 0 Å². The Hall–Kier alpha value is -1.71. The standard InChI is InChI=1S/C17H23N3/c1-13-11-14(2)17(19-12-13)16(20-18)10-6-9-15-7-4-3-5-8-15/h3-5,7-8,11-12,16,20H,6,9-10,18H2,1-2H3. The molecule has 0 saturated carbocycles. The average molecular weight is 269 g/mol. The van der Waals surface area contributed by atoms with E-state index in [0.29, 0.717) is 0 Å². The van der Waals surface area contributed by atoms with Crippen LogP contribution in [0.4, 0.5) is 0 Å². The van der Waals surface area contributed by atoms with Crippen LogP contribution in [-0.4, -0.2) is 4.98 Å². The highest BCUT2D eigenvalue weighted by Crippen LogP contribution is 2.21. The third-order valence-corrected chi connectivity index (χ3v) is 3.59. The number of nitrogens with two attached hydrogens (primary N) is 1. The molecule has 0 bridgehead atoms. The molecule has 1 aromatic heterocycles. The maximum Gasteiger partial charge on any atom is 0.0635 e. The van der Waals surface area contributed by atoms with Crippen LogP contribution in [0.15, 0.2) is 42.6 Å². The van der Waals surface area contributed by atoms with Crippen LogP contribution in [0.3, 0.4) is 0 Å². The molecular weight excluding hydrogens is 246 g/mol. The summed E-state index contributed by atoms with van der Waals surface area (Å²) in [5.41, 5.74) is 7.72. The van der Waals surface area contributed by atoms with E-state index in [9.17, 15) is 0 Å². The van der Waals surface area contributed by atoms with Gasteiger partial charge < -0.3 is 0 Å². The normalized spacial score (nSPS) is 12.3. The number of nitrogens with zero attached hydrogens (tertiary/aromatic N) is 1. The van der Waals surface area contributed by atoms with E-state index in [1.54, 1.807) is 0 Å². The lowest BCUT2D eigenvalue weighted by Gasteiger charge is -2.17. The summed E-state index contributed by atoms with van der Waals surface area (Å²) in [7, 11) is 0. The predicted molar refractivity (Wildman–Crippen MR) is 83.2 cm³/mol. The van der Waals surface area contributed by atoms with Crippen LogP contribution in [0.5, 0.6) is 0 Å². The van der Waals surface area contributed by atoms with Gasteiger partial charge in [0.15, 0.2) is 0 Å². The topological polar surface area (TPSA) is 50.9 Å². The summed E-state index contributed by atoms with van der Waals surface area (Å²) in [5, 5.41) is 0. The van der Waals surface area contributed by atoms with Crippen LogP contribution in [0, 0.1) is 13.8 Å². The van der Waals surface area contributed by atoms with Crippen LogP contribution in [-0.2, 0) is 6.42 Å². The van der Waals surface area contributed by atoms with Crippen molar-refractivity contribution in [3.8, 4) is 0 Å². The zero-order chi connectivity index (χ0) is 14.4. The van der Waals surface area contributed by atoms with Gasteiger partial charge in [0.1, 0.15) is 0 Å². The smallest absolute Gasteiger partial charge is 0.0635 e. The monoisotopic (exact) mass is 269 g/mol. The zero-order valence-electron chi connectivity index (χ0n) is 12.3. The lowest BCUT2D eigenvalue weighted by molar-refractivity contribution is 0.485. The molecule has 1 heterocycles. The largest absolute Gasteiger partial charge is 0.271 e. The van der Waals surface area contributed by atoms with Crippen molar-refractivity contribution in [3.63, 3.8) is 0 Å². The predicted octanol–water partition coefficient (Wildman–Crippen LogP) is 3.23. The van der Waals surface area contributed by atoms with E-state index in [1.807, 2.05) is 12.3 Å². The van der Waals surface area contributed by atoms with Gasteiger partial charge in [0.05, 0.1) is 11.7 Å². The average Bonchev–Trinajstić information content (AvgIpc) is 2.46. The van der Waals surface area contributed by atoms with E-state index in [0.717, 1.165) is 25.0 Å². The van der Waals surface area contributed by atoms with Crippen molar-refractivity contribution in [2.75, 3.05) is 0 Å². The highest BCUT2D eigenvalue weighted by atomic mass is 15.2. The SMILES string of the molecule is Cc1cnc(C(CCCc2ccccc2)NN)c(C)c1. The summed E-state index contributed by atoms with van der Waals surface area (Å²) in [4.78, 5) is 4.53. The lowest BCUT2D eigenvalue weighted by atomic mass is 10.00. The van der Waals surface area contributed by atoms with Gasteiger partial charge in [-0.2, -0.15) is 0 Å². The van der Waals surface area contributed by atoms with Gasteiger partial charge in [-0.1, -0.05) is 36.4 Å². The van der Waals surface area contributed by atoms with Crippen molar-refractivity contribution in [2.24, 2.45) is 5.84 Å². The van der Waals surface area contributed by atoms with E-state index in [2.05, 4.69) is 54.6 Å². The number of benzene rings is 1. The van der Waals surface area contributed by atoms with E-state index >= 15 is 0 Å². The minimum absolute atomic E-state index is 0.124. The molecule has 0 aliphatic rings. The van der Waals surface area contributed by atoms with Gasteiger partial charge in [0, 0.05) is 6.20 Å². The molecule has 0 saturated heterocycles. The molecule has 0 radical (unpaired) electrons. The molecule has 3 nitrogen and oxygen atoms in total. The van der Waals surface area contributed by atoms with Crippen molar-refractivity contribution in [1.29, 1.82) is 0 Å². The Kier molecular flexibility index (Phi) is 5.27. The van der Waals surface area contributed by atoms with Crippen molar-refractivity contribution in [1.82, 2.24) is 10.4 Å². The first-order valence-electron chi connectivity index (χ1n) is 7.14. The fraction of sp³-hybridized carbons (Fsp3) is 0.353. The maximum absolute atomic E-state index is 5.70. The summed E-state index contributed by atoms with van der Waals surface area (Å²) in [5.74, 6) is 5.70. The highest BCUT2D eigenvalue weighted by Gasteiger charge is 2.13. The molecule has 2 rings (SSSR count). The third-order valence-electron chi connectivity index (χ3n) is 3.59. The number of pyridine rings is 1. The van der Waals surface area contributed by atoms with Gasteiger partial charge in [-0.05, 0) is 49.8 Å². The van der Waals surface area contributed by atoms with Gasteiger partial charge in [0.2, 0.25) is 0 Å². The summed E-state index contributed by atoms with van der Waals surface area (Å²) in [6.07, 6.45) is 5.06. The Morgan fingerprint density at radius 2 is 1.95 bits per heavy atom. The van der Waals surface area contributed by atoms with Gasteiger partial charge in [-0.25, -0.2) is 0 Å². The second kappa shape index (κ2) is 7.17. The number of hydrogen-bond donors (Lipinski definition) is 2. The quantitative estimate of drug-likeness (QED) is 0.625. The Bertz CT molecular complexity index is 537. The molecule has 1 atom stereocenters. The molecule has 3 N–H and O–H groups in total. The molecule has 1 aromatic carbocycles. The second-order valence-electron chi connectivity index (χ2n) is 5.31. The first-order valence-corrected chi connectivity index (χ1v) is 7.14. The minimum Gasteiger partial charge on any atom is -0.271 e. The molecule has 0 aliphatic carbocycles. The molecule has 0 fully saturated rings. The number of hydrazine groups is 1. The molecule has 2 aromatic rings. The van der Waals surface area contributed by atoms with E-state index in [1.165, 1.54) is 16.7 Å². The molecule has 1 unspecified atom stereocenters. The number of aryl methyl sites for hydroxylation is 3. The van der Waals surface area contributed by atoms with Crippen LogP contribution in [0.2, 0.25) is 0 Å². The molecular formula is C17H23N3. The van der Waals surface area contributed by atoms with E-state index in [4.69, 9.17) is 5.84 Å². The second-order valence-corrected chi connectivity index (χ2v) is 5.31. The fourth-order valence-corrected chi connectivity index (χ4v) is 2.54. The third kappa shape index (κ3) is 3.89. The molecule has 106 valence electrons. The Morgan fingerprint density at radius 1 is 1.20 bits per heavy atom. The van der Waals surface area contributed by atoms with Crippen LogP contribution >= 0.6 is 0 Å². The Morgan fingerprint density at radius 3 is 2.60 bits per heavy atom. The van der Waals surface area contributed by atoms with Gasteiger partial charge in [-0.15, -0.1) is 0 Å². The van der Waals surface area contributed by atoms with Crippen molar-refractivity contribution in [3.05, 3.63) is 65.0 Å². The molecule has 0 aliphatic heterocycles. The minimum atomic E-state index is 0.124. The molecule has 20 heavy (non-hydrogen) atoms. The lowest BCUT2D eigenvalue weighted by Crippen LogP contribution is -2.29. The number of aromatic nitrogens is 1. The Labute approximate surface area is 121 Å². The van der Waals surface area contributed by atoms with Crippen molar-refractivity contribution in [2.45, 2.75) is 39.2 Å². The zero-order valence-corrected chi connectivity index (χ0v) is 12.3. The summed E-state index contributed by atoms with van der Waals surface area (Å²) in [6, 6.07) is 12.8. The number of nitrogens with one attached hydrogen (secondary N) is 1. The van der Waals surface area contributed by atoms with E-state index in [-0.39, 0.29) is 6.04 Å².